The van der Waals surface area contributed by atoms with Crippen molar-refractivity contribution in [2.24, 2.45) is 0 Å². The van der Waals surface area contributed by atoms with Gasteiger partial charge < -0.3 is 14.5 Å². The van der Waals surface area contributed by atoms with Gasteiger partial charge in [0.2, 0.25) is 0 Å². The minimum absolute atomic E-state index is 0.619. The molecule has 0 spiro atoms. The van der Waals surface area contributed by atoms with Crippen LogP contribution >= 0.6 is 0 Å². The van der Waals surface area contributed by atoms with E-state index in [4.69, 9.17) is 9.47 Å². The molecule has 0 saturated heterocycles. The maximum absolute atomic E-state index is 13.3. The van der Waals surface area contributed by atoms with Crippen LogP contribution < -0.4 is 9.47 Å². The molecule has 1 aromatic heterocycles. The number of hydrogen-bond donors (Lipinski definition) is 1. The second kappa shape index (κ2) is 6.26. The Kier molecular flexibility index (Phi) is 3.93. The Morgan fingerprint density at radius 1 is 0.880 bits per heavy atom. The van der Waals surface area contributed by atoms with Gasteiger partial charge in [0.15, 0.2) is 0 Å². The molecule has 3 aromatic carbocycles. The second-order valence-corrected chi connectivity index (χ2v) is 7.06. The molecule has 0 aliphatic heterocycles. The van der Waals surface area contributed by atoms with Crippen LogP contribution in [0.3, 0.4) is 0 Å². The van der Waals surface area contributed by atoms with Gasteiger partial charge in [-0.2, -0.15) is 0 Å². The van der Waals surface area contributed by atoms with Gasteiger partial charge in [0.25, 0.3) is 0 Å². The zero-order valence-corrected chi connectivity index (χ0v) is 14.7. The van der Waals surface area contributed by atoms with Crippen LogP contribution in [-0.4, -0.2) is 23.4 Å². The fraction of sp³-hybridized carbons (Fsp3) is 0.100. The first-order valence-corrected chi connectivity index (χ1v) is 9.00. The Labute approximate surface area is 147 Å². The Hall–Kier alpha value is -2.79. The van der Waals surface area contributed by atoms with Crippen molar-refractivity contribution in [2.75, 3.05) is 14.2 Å². The topological polar surface area (TPSA) is 51.3 Å². The van der Waals surface area contributed by atoms with E-state index in [1.54, 1.807) is 14.2 Å². The molecule has 0 aliphatic rings. The Bertz CT molecular complexity index is 1100. The van der Waals surface area contributed by atoms with Gasteiger partial charge in [-0.25, -0.2) is 4.21 Å². The van der Waals surface area contributed by atoms with Gasteiger partial charge in [-0.05, 0) is 35.7 Å². The molecule has 4 aromatic rings. The molecule has 25 heavy (non-hydrogen) atoms. The molecule has 1 N–H and O–H groups in total. The number of ether oxygens (including phenoxy) is 2. The molecule has 0 radical (unpaired) electrons. The summed E-state index contributed by atoms with van der Waals surface area (Å²) in [6.07, 6.45) is 0. The van der Waals surface area contributed by atoms with E-state index in [-0.39, 0.29) is 0 Å². The van der Waals surface area contributed by atoms with Crippen LogP contribution in [0, 0.1) is 0 Å². The summed E-state index contributed by atoms with van der Waals surface area (Å²) in [6, 6.07) is 19.4. The number of H-pyrrole nitrogens is 1. The summed E-state index contributed by atoms with van der Waals surface area (Å²) in [4.78, 5) is 3.93. The lowest BCUT2D eigenvalue weighted by Crippen LogP contribution is -1.98. The standard InChI is InChI=1S/C20H17NO3S/c1-23-15-8-9-17-14(11-15)12-19(21-17)25(22)20-16-6-4-3-5-13(16)7-10-18(20)24-2/h3-12,21H,1-2H3/t25-/m1/s1. The van der Waals surface area contributed by atoms with Gasteiger partial charge in [-0.3, -0.25) is 0 Å². The van der Waals surface area contributed by atoms with E-state index < -0.39 is 10.8 Å². The van der Waals surface area contributed by atoms with Crippen LogP contribution in [-0.2, 0) is 10.8 Å². The molecule has 126 valence electrons. The van der Waals surface area contributed by atoms with Crippen LogP contribution in [0.1, 0.15) is 0 Å². The summed E-state index contributed by atoms with van der Waals surface area (Å²) < 4.78 is 24.1. The number of benzene rings is 3. The molecule has 5 heteroatoms. The van der Waals surface area contributed by atoms with Crippen molar-refractivity contribution >= 4 is 32.5 Å². The van der Waals surface area contributed by atoms with E-state index in [0.717, 1.165) is 27.4 Å². The van der Waals surface area contributed by atoms with E-state index >= 15 is 0 Å². The average molecular weight is 351 g/mol. The molecule has 0 fully saturated rings. The van der Waals surface area contributed by atoms with E-state index in [2.05, 4.69) is 4.98 Å². The Morgan fingerprint density at radius 2 is 1.72 bits per heavy atom. The zero-order chi connectivity index (χ0) is 17.4. The third-order valence-corrected chi connectivity index (χ3v) is 5.66. The van der Waals surface area contributed by atoms with Crippen molar-refractivity contribution in [3.05, 3.63) is 60.7 Å². The fourth-order valence-electron chi connectivity index (χ4n) is 3.00. The van der Waals surface area contributed by atoms with Gasteiger partial charge in [0.1, 0.15) is 27.3 Å². The summed E-state index contributed by atoms with van der Waals surface area (Å²) in [6.45, 7) is 0. The van der Waals surface area contributed by atoms with Crippen molar-refractivity contribution in [3.63, 3.8) is 0 Å². The summed E-state index contributed by atoms with van der Waals surface area (Å²) in [5.41, 5.74) is 0.920. The van der Waals surface area contributed by atoms with Crippen LogP contribution in [0.15, 0.2) is 70.6 Å². The van der Waals surface area contributed by atoms with Crippen molar-refractivity contribution < 1.29 is 13.7 Å². The third kappa shape index (κ3) is 2.66. The minimum Gasteiger partial charge on any atom is -0.497 e. The Morgan fingerprint density at radius 3 is 2.52 bits per heavy atom. The number of nitrogens with one attached hydrogen (secondary N) is 1. The predicted octanol–water partition coefficient (Wildman–Crippen LogP) is 4.51. The smallest absolute Gasteiger partial charge is 0.136 e. The fourth-order valence-corrected chi connectivity index (χ4v) is 4.37. The number of rotatable bonds is 4. The summed E-state index contributed by atoms with van der Waals surface area (Å²) in [7, 11) is 1.84. The van der Waals surface area contributed by atoms with E-state index in [1.807, 2.05) is 60.7 Å². The van der Waals surface area contributed by atoms with Crippen LogP contribution in [0.4, 0.5) is 0 Å². The third-order valence-electron chi connectivity index (χ3n) is 4.25. The zero-order valence-electron chi connectivity index (χ0n) is 13.9. The summed E-state index contributed by atoms with van der Waals surface area (Å²) >= 11 is 0. The van der Waals surface area contributed by atoms with E-state index in [1.165, 1.54) is 0 Å². The molecular formula is C20H17NO3S. The van der Waals surface area contributed by atoms with Crippen LogP contribution in [0.25, 0.3) is 21.7 Å². The van der Waals surface area contributed by atoms with Crippen LogP contribution in [0.2, 0.25) is 0 Å². The minimum atomic E-state index is -1.40. The SMILES string of the molecule is COc1ccc2[nH]c([S@@](=O)c3c(OC)ccc4ccccc34)cc2c1. The highest BCUT2D eigenvalue weighted by Crippen LogP contribution is 2.34. The molecular weight excluding hydrogens is 334 g/mol. The number of aromatic nitrogens is 1. The summed E-state index contributed by atoms with van der Waals surface area (Å²) in [5, 5.41) is 3.56. The monoisotopic (exact) mass is 351 g/mol. The molecule has 0 amide bonds. The Balaban J connectivity index is 1.90. The van der Waals surface area contributed by atoms with Crippen molar-refractivity contribution in [1.29, 1.82) is 0 Å². The second-order valence-electron chi connectivity index (χ2n) is 5.67. The number of methoxy groups -OCH3 is 2. The van der Waals surface area contributed by atoms with Gasteiger partial charge in [-0.1, -0.05) is 30.3 Å². The maximum atomic E-state index is 13.3. The largest absolute Gasteiger partial charge is 0.497 e. The van der Waals surface area contributed by atoms with Crippen molar-refractivity contribution in [3.8, 4) is 11.5 Å². The first-order chi connectivity index (χ1) is 12.2. The molecule has 0 aliphatic carbocycles. The molecule has 4 nitrogen and oxygen atoms in total. The van der Waals surface area contributed by atoms with Crippen LogP contribution in [0.5, 0.6) is 11.5 Å². The predicted molar refractivity (Wildman–Crippen MR) is 100 cm³/mol. The lowest BCUT2D eigenvalue weighted by Gasteiger charge is -2.11. The molecule has 0 unspecified atom stereocenters. The van der Waals surface area contributed by atoms with Gasteiger partial charge in [0, 0.05) is 16.3 Å². The highest BCUT2D eigenvalue weighted by molar-refractivity contribution is 7.85. The quantitative estimate of drug-likeness (QED) is 0.589. The van der Waals surface area contributed by atoms with Crippen molar-refractivity contribution in [1.82, 2.24) is 4.98 Å². The van der Waals surface area contributed by atoms with Gasteiger partial charge in [0.05, 0.1) is 19.1 Å². The van der Waals surface area contributed by atoms with Crippen molar-refractivity contribution in [2.45, 2.75) is 9.92 Å². The summed E-state index contributed by atoms with van der Waals surface area (Å²) in [5.74, 6) is 1.39. The molecule has 0 saturated carbocycles. The number of fused-ring (bicyclic) bond motifs is 2. The molecule has 0 bridgehead atoms. The highest BCUT2D eigenvalue weighted by Gasteiger charge is 2.18. The normalized spacial score (nSPS) is 12.4. The number of hydrogen-bond acceptors (Lipinski definition) is 3. The van der Waals surface area contributed by atoms with E-state index in [0.29, 0.717) is 15.7 Å². The lowest BCUT2D eigenvalue weighted by molar-refractivity contribution is 0.405. The first kappa shape index (κ1) is 15.7. The number of aromatic amines is 1. The van der Waals surface area contributed by atoms with Gasteiger partial charge in [-0.15, -0.1) is 0 Å². The molecule has 1 atom stereocenters. The van der Waals surface area contributed by atoms with E-state index in [9.17, 15) is 4.21 Å². The molecule has 1 heterocycles. The first-order valence-electron chi connectivity index (χ1n) is 7.85. The highest BCUT2D eigenvalue weighted by atomic mass is 32.2. The average Bonchev–Trinajstić information content (AvgIpc) is 3.09. The molecule has 4 rings (SSSR count). The van der Waals surface area contributed by atoms with Gasteiger partial charge >= 0.3 is 0 Å². The lowest BCUT2D eigenvalue weighted by atomic mass is 10.1. The maximum Gasteiger partial charge on any atom is 0.136 e.